The lowest BCUT2D eigenvalue weighted by Crippen LogP contribution is -2.34. The maximum atomic E-state index is 12.2. The van der Waals surface area contributed by atoms with Crippen molar-refractivity contribution in [3.8, 4) is 0 Å². The van der Waals surface area contributed by atoms with Crippen LogP contribution in [0.2, 0.25) is 0 Å². The van der Waals surface area contributed by atoms with Crippen molar-refractivity contribution in [3.63, 3.8) is 0 Å². The normalized spacial score (nSPS) is 23.9. The molecule has 0 saturated carbocycles. The van der Waals surface area contributed by atoms with Crippen LogP contribution in [0.4, 0.5) is 5.82 Å². The number of nitrogens with two attached hydrogens (primary N) is 1. The standard InChI is InChI=1S/C18H17N5O6/c19-15-12-16(21-7-20-15)23(8-22-12)17-14(26)13(25)11(29-17)6-28-18(27)10-3-1-9(5-24)2-4-10/h1-5,7-8,11,13-14,17,25-26H,6H2,(H2,19,20,21)/t11-,13-,14-,17-/m1/s1. The van der Waals surface area contributed by atoms with Crippen molar-refractivity contribution in [2.24, 2.45) is 0 Å². The van der Waals surface area contributed by atoms with Gasteiger partial charge in [0, 0.05) is 5.56 Å². The first-order chi connectivity index (χ1) is 14.0. The predicted octanol–water partition coefficient (Wildman–Crippen LogP) is -0.303. The Labute approximate surface area is 163 Å². The van der Waals surface area contributed by atoms with Gasteiger partial charge in [-0.3, -0.25) is 9.36 Å². The highest BCUT2D eigenvalue weighted by Crippen LogP contribution is 2.32. The van der Waals surface area contributed by atoms with E-state index in [0.717, 1.165) is 0 Å². The number of nitrogens with zero attached hydrogens (tertiary/aromatic N) is 4. The van der Waals surface area contributed by atoms with Gasteiger partial charge < -0.3 is 25.4 Å². The zero-order valence-corrected chi connectivity index (χ0v) is 15.0. The van der Waals surface area contributed by atoms with E-state index in [1.165, 1.54) is 41.5 Å². The van der Waals surface area contributed by atoms with Crippen LogP contribution in [-0.4, -0.2) is 66.9 Å². The summed E-state index contributed by atoms with van der Waals surface area (Å²) in [6, 6.07) is 5.89. The Hall–Kier alpha value is -3.41. The Bertz CT molecular complexity index is 1050. The molecule has 4 rings (SSSR count). The fraction of sp³-hybridized carbons (Fsp3) is 0.278. The molecule has 3 aromatic rings. The molecule has 1 aromatic carbocycles. The van der Waals surface area contributed by atoms with E-state index in [1.807, 2.05) is 0 Å². The van der Waals surface area contributed by atoms with E-state index < -0.39 is 30.5 Å². The first-order valence-corrected chi connectivity index (χ1v) is 8.66. The number of hydrogen-bond acceptors (Lipinski definition) is 10. The second kappa shape index (κ2) is 7.54. The second-order valence-electron chi connectivity index (χ2n) is 6.47. The third kappa shape index (κ3) is 3.42. The van der Waals surface area contributed by atoms with Crippen molar-refractivity contribution >= 4 is 29.2 Å². The number of hydrogen-bond donors (Lipinski definition) is 3. The van der Waals surface area contributed by atoms with Crippen LogP contribution in [0.5, 0.6) is 0 Å². The van der Waals surface area contributed by atoms with E-state index in [9.17, 15) is 19.8 Å². The molecule has 4 N–H and O–H groups in total. The van der Waals surface area contributed by atoms with E-state index in [-0.39, 0.29) is 18.0 Å². The zero-order valence-electron chi connectivity index (χ0n) is 15.0. The number of ether oxygens (including phenoxy) is 2. The third-order valence-corrected chi connectivity index (χ3v) is 4.66. The summed E-state index contributed by atoms with van der Waals surface area (Å²) in [6.45, 7) is -0.285. The Morgan fingerprint density at radius 2 is 1.97 bits per heavy atom. The van der Waals surface area contributed by atoms with Gasteiger partial charge in [-0.25, -0.2) is 19.7 Å². The first kappa shape index (κ1) is 18.9. The summed E-state index contributed by atoms with van der Waals surface area (Å²) in [5, 5.41) is 20.7. The van der Waals surface area contributed by atoms with Gasteiger partial charge in [-0.05, 0) is 12.1 Å². The van der Waals surface area contributed by atoms with Gasteiger partial charge in [0.15, 0.2) is 17.7 Å². The van der Waals surface area contributed by atoms with Crippen molar-refractivity contribution in [3.05, 3.63) is 48.0 Å². The Morgan fingerprint density at radius 3 is 2.69 bits per heavy atom. The van der Waals surface area contributed by atoms with E-state index in [2.05, 4.69) is 15.0 Å². The molecule has 1 saturated heterocycles. The molecule has 1 aliphatic rings. The molecular formula is C18H17N5O6. The SMILES string of the molecule is Nc1ncnc2c1ncn2[C@@H]1O[C@H](COC(=O)c2ccc(C=O)cc2)[C@@H](O)[C@H]1O. The van der Waals surface area contributed by atoms with E-state index in [4.69, 9.17) is 15.2 Å². The number of benzene rings is 1. The summed E-state index contributed by atoms with van der Waals surface area (Å²) in [7, 11) is 0. The molecule has 3 heterocycles. The molecule has 0 bridgehead atoms. The van der Waals surface area contributed by atoms with Gasteiger partial charge in [0.2, 0.25) is 0 Å². The predicted molar refractivity (Wildman–Crippen MR) is 97.8 cm³/mol. The number of rotatable bonds is 5. The van der Waals surface area contributed by atoms with E-state index in [1.54, 1.807) is 0 Å². The van der Waals surface area contributed by atoms with Crippen LogP contribution in [0, 0.1) is 0 Å². The molecule has 0 amide bonds. The number of esters is 1. The van der Waals surface area contributed by atoms with Crippen LogP contribution >= 0.6 is 0 Å². The minimum Gasteiger partial charge on any atom is -0.459 e. The number of carbonyl (C=O) groups excluding carboxylic acids is 2. The molecule has 0 spiro atoms. The molecular weight excluding hydrogens is 382 g/mol. The third-order valence-electron chi connectivity index (χ3n) is 4.66. The maximum Gasteiger partial charge on any atom is 0.338 e. The quantitative estimate of drug-likeness (QED) is 0.383. The molecule has 0 aliphatic carbocycles. The van der Waals surface area contributed by atoms with E-state index >= 15 is 0 Å². The maximum absolute atomic E-state index is 12.2. The number of aldehydes is 1. The number of aromatic nitrogens is 4. The molecule has 29 heavy (non-hydrogen) atoms. The fourth-order valence-corrected chi connectivity index (χ4v) is 3.09. The van der Waals surface area contributed by atoms with E-state index in [0.29, 0.717) is 23.0 Å². The number of nitrogen functional groups attached to an aromatic ring is 1. The highest BCUT2D eigenvalue weighted by Gasteiger charge is 2.45. The minimum absolute atomic E-state index is 0.174. The largest absolute Gasteiger partial charge is 0.459 e. The molecule has 1 fully saturated rings. The smallest absolute Gasteiger partial charge is 0.338 e. The number of anilines is 1. The highest BCUT2D eigenvalue weighted by molar-refractivity contribution is 5.90. The molecule has 1 aliphatic heterocycles. The summed E-state index contributed by atoms with van der Waals surface area (Å²) < 4.78 is 12.3. The molecule has 11 nitrogen and oxygen atoms in total. The Balaban J connectivity index is 1.46. The summed E-state index contributed by atoms with van der Waals surface area (Å²) in [5.41, 5.74) is 7.10. The molecule has 4 atom stereocenters. The Kier molecular flexibility index (Phi) is 4.92. The first-order valence-electron chi connectivity index (χ1n) is 8.66. The van der Waals surface area contributed by atoms with Gasteiger partial charge in [-0.15, -0.1) is 0 Å². The summed E-state index contributed by atoms with van der Waals surface area (Å²) in [5.74, 6) is -0.474. The van der Waals surface area contributed by atoms with Crippen molar-refractivity contribution in [2.75, 3.05) is 12.3 Å². The van der Waals surface area contributed by atoms with Crippen molar-refractivity contribution < 1.29 is 29.3 Å². The topological polar surface area (TPSA) is 163 Å². The van der Waals surface area contributed by atoms with Crippen LogP contribution in [-0.2, 0) is 9.47 Å². The van der Waals surface area contributed by atoms with Crippen LogP contribution in [0.1, 0.15) is 26.9 Å². The lowest BCUT2D eigenvalue weighted by molar-refractivity contribution is -0.0565. The molecule has 0 unspecified atom stereocenters. The summed E-state index contributed by atoms with van der Waals surface area (Å²) in [4.78, 5) is 34.9. The van der Waals surface area contributed by atoms with Gasteiger partial charge in [-0.1, -0.05) is 12.1 Å². The zero-order chi connectivity index (χ0) is 20.5. The van der Waals surface area contributed by atoms with Gasteiger partial charge in [0.25, 0.3) is 0 Å². The van der Waals surface area contributed by atoms with Crippen molar-refractivity contribution in [2.45, 2.75) is 24.5 Å². The van der Waals surface area contributed by atoms with Gasteiger partial charge in [0.05, 0.1) is 11.9 Å². The number of carbonyl (C=O) groups is 2. The molecule has 150 valence electrons. The second-order valence-corrected chi connectivity index (χ2v) is 6.47. The molecule has 0 radical (unpaired) electrons. The van der Waals surface area contributed by atoms with Crippen molar-refractivity contribution in [1.29, 1.82) is 0 Å². The van der Waals surface area contributed by atoms with Crippen molar-refractivity contribution in [1.82, 2.24) is 19.5 Å². The number of aliphatic hydroxyl groups excluding tert-OH is 2. The lowest BCUT2D eigenvalue weighted by atomic mass is 10.1. The van der Waals surface area contributed by atoms with Gasteiger partial charge in [0.1, 0.15) is 43.0 Å². The van der Waals surface area contributed by atoms with Crippen LogP contribution in [0.15, 0.2) is 36.9 Å². The van der Waals surface area contributed by atoms with Crippen LogP contribution < -0.4 is 5.73 Å². The van der Waals surface area contributed by atoms with Gasteiger partial charge in [-0.2, -0.15) is 0 Å². The Morgan fingerprint density at radius 1 is 1.21 bits per heavy atom. The number of fused-ring (bicyclic) bond motifs is 1. The average Bonchev–Trinajstić information content (AvgIpc) is 3.29. The summed E-state index contributed by atoms with van der Waals surface area (Å²) >= 11 is 0. The monoisotopic (exact) mass is 399 g/mol. The minimum atomic E-state index is -1.31. The van der Waals surface area contributed by atoms with Crippen LogP contribution in [0.3, 0.4) is 0 Å². The fourth-order valence-electron chi connectivity index (χ4n) is 3.09. The van der Waals surface area contributed by atoms with Crippen LogP contribution in [0.25, 0.3) is 11.2 Å². The lowest BCUT2D eigenvalue weighted by Gasteiger charge is -2.16. The molecule has 2 aromatic heterocycles. The average molecular weight is 399 g/mol. The number of aliphatic hydroxyl groups is 2. The van der Waals surface area contributed by atoms with Gasteiger partial charge >= 0.3 is 5.97 Å². The highest BCUT2D eigenvalue weighted by atomic mass is 16.6. The number of imidazole rings is 1. The molecule has 11 heteroatoms. The summed E-state index contributed by atoms with van der Waals surface area (Å²) in [6.07, 6.45) is -1.29.